The van der Waals surface area contributed by atoms with Gasteiger partial charge in [-0.15, -0.1) is 0 Å². The van der Waals surface area contributed by atoms with Crippen molar-refractivity contribution in [3.8, 4) is 0 Å². The molecule has 2 N–H and O–H groups in total. The van der Waals surface area contributed by atoms with Crippen molar-refractivity contribution in [2.75, 3.05) is 24.5 Å². The summed E-state index contributed by atoms with van der Waals surface area (Å²) in [5.74, 6) is -0.166. The van der Waals surface area contributed by atoms with Crippen molar-refractivity contribution < 1.29 is 9.59 Å². The number of fused-ring (bicyclic) bond motifs is 1. The van der Waals surface area contributed by atoms with Gasteiger partial charge in [0.1, 0.15) is 0 Å². The zero-order chi connectivity index (χ0) is 25.2. The molecule has 0 bridgehead atoms. The van der Waals surface area contributed by atoms with Crippen LogP contribution in [0.1, 0.15) is 63.9 Å². The zero-order valence-corrected chi connectivity index (χ0v) is 21.3. The van der Waals surface area contributed by atoms with E-state index in [-0.39, 0.29) is 11.8 Å². The first-order valence-electron chi connectivity index (χ1n) is 12.7. The minimum absolute atomic E-state index is 0.0455. The Morgan fingerprint density at radius 2 is 1.67 bits per heavy atom. The molecule has 0 atom stereocenters. The Morgan fingerprint density at radius 3 is 2.47 bits per heavy atom. The molecular formula is C29H33ClN4O2. The molecule has 0 saturated carbocycles. The Balaban J connectivity index is 1.53. The van der Waals surface area contributed by atoms with E-state index in [4.69, 9.17) is 11.6 Å². The van der Waals surface area contributed by atoms with Crippen LogP contribution in [-0.2, 0) is 13.0 Å². The number of hydrogen-bond acceptors (Lipinski definition) is 4. The first-order valence-corrected chi connectivity index (χ1v) is 13.1. The van der Waals surface area contributed by atoms with Gasteiger partial charge in [0.05, 0.1) is 0 Å². The number of pyridine rings is 1. The lowest BCUT2D eigenvalue weighted by molar-refractivity contribution is 0.0953. The molecule has 0 radical (unpaired) electrons. The second-order valence-corrected chi connectivity index (χ2v) is 9.55. The second-order valence-electron chi connectivity index (χ2n) is 9.11. The molecule has 6 nitrogen and oxygen atoms in total. The van der Waals surface area contributed by atoms with Crippen LogP contribution in [0.15, 0.2) is 67.0 Å². The second kappa shape index (κ2) is 13.2. The van der Waals surface area contributed by atoms with Crippen molar-refractivity contribution in [1.29, 1.82) is 0 Å². The minimum atomic E-state index is -0.120. The van der Waals surface area contributed by atoms with Gasteiger partial charge in [0, 0.05) is 53.9 Å². The maximum atomic E-state index is 13.5. The molecule has 4 rings (SSSR count). The molecule has 1 aliphatic heterocycles. The van der Waals surface area contributed by atoms with Crippen LogP contribution < -0.4 is 15.5 Å². The molecule has 1 aromatic heterocycles. The lowest BCUT2D eigenvalue weighted by atomic mass is 10.0. The predicted octanol–water partition coefficient (Wildman–Crippen LogP) is 5.41. The summed E-state index contributed by atoms with van der Waals surface area (Å²) in [6.07, 6.45) is 9.51. The highest BCUT2D eigenvalue weighted by Gasteiger charge is 2.21. The number of benzene rings is 2. The molecule has 0 fully saturated rings. The van der Waals surface area contributed by atoms with Crippen molar-refractivity contribution in [2.45, 2.75) is 45.1 Å². The third kappa shape index (κ3) is 7.15. The molecule has 3 aromatic rings. The fourth-order valence-corrected chi connectivity index (χ4v) is 4.59. The number of carbonyl (C=O) groups excluding carboxylic acids is 2. The molecule has 2 amide bonds. The van der Waals surface area contributed by atoms with Crippen LogP contribution in [0.3, 0.4) is 0 Å². The maximum Gasteiger partial charge on any atom is 0.258 e. The van der Waals surface area contributed by atoms with Gasteiger partial charge in [-0.25, -0.2) is 0 Å². The predicted molar refractivity (Wildman–Crippen MR) is 145 cm³/mol. The van der Waals surface area contributed by atoms with Crippen molar-refractivity contribution >= 4 is 29.1 Å². The Bertz CT molecular complexity index is 1150. The fourth-order valence-electron chi connectivity index (χ4n) is 4.46. The van der Waals surface area contributed by atoms with E-state index in [2.05, 4.69) is 15.6 Å². The molecule has 0 unspecified atom stereocenters. The van der Waals surface area contributed by atoms with E-state index in [9.17, 15) is 9.59 Å². The molecule has 0 spiro atoms. The number of hydrogen-bond donors (Lipinski definition) is 2. The minimum Gasteiger partial charge on any atom is -0.352 e. The molecule has 2 aromatic carbocycles. The van der Waals surface area contributed by atoms with Gasteiger partial charge in [-0.3, -0.25) is 14.6 Å². The number of anilines is 1. The summed E-state index contributed by atoms with van der Waals surface area (Å²) in [4.78, 5) is 32.3. The Kier molecular flexibility index (Phi) is 9.47. The lowest BCUT2D eigenvalue weighted by Crippen LogP contribution is -2.34. The summed E-state index contributed by atoms with van der Waals surface area (Å²) < 4.78 is 0. The fraction of sp³-hybridized carbons (Fsp3) is 0.345. The Hall–Kier alpha value is -3.22. The number of aromatic nitrogens is 1. The van der Waals surface area contributed by atoms with Gasteiger partial charge in [0.15, 0.2) is 0 Å². The van der Waals surface area contributed by atoms with Crippen molar-refractivity contribution in [3.63, 3.8) is 0 Å². The summed E-state index contributed by atoms with van der Waals surface area (Å²) in [5, 5.41) is 7.22. The smallest absolute Gasteiger partial charge is 0.258 e. The first kappa shape index (κ1) is 25.9. The zero-order valence-electron chi connectivity index (χ0n) is 20.5. The molecule has 188 valence electrons. The van der Waals surface area contributed by atoms with Crippen molar-refractivity contribution in [1.82, 2.24) is 15.6 Å². The summed E-state index contributed by atoms with van der Waals surface area (Å²) in [6.45, 7) is 2.68. The molecular weight excluding hydrogens is 472 g/mol. The average molecular weight is 505 g/mol. The summed E-state index contributed by atoms with van der Waals surface area (Å²) in [7, 11) is 0. The van der Waals surface area contributed by atoms with Gasteiger partial charge in [-0.1, -0.05) is 43.0 Å². The van der Waals surface area contributed by atoms with E-state index in [1.54, 1.807) is 24.5 Å². The lowest BCUT2D eigenvalue weighted by Gasteiger charge is -2.27. The number of nitrogens with zero attached hydrogens (tertiary/aromatic N) is 2. The Morgan fingerprint density at radius 1 is 0.917 bits per heavy atom. The van der Waals surface area contributed by atoms with E-state index >= 15 is 0 Å². The quantitative estimate of drug-likeness (QED) is 0.487. The number of nitrogens with one attached hydrogen (secondary N) is 2. The van der Waals surface area contributed by atoms with Gasteiger partial charge in [0.25, 0.3) is 11.8 Å². The van der Waals surface area contributed by atoms with Crippen LogP contribution in [0.2, 0.25) is 5.02 Å². The van der Waals surface area contributed by atoms with Crippen LogP contribution in [-0.4, -0.2) is 36.4 Å². The van der Waals surface area contributed by atoms with E-state index in [1.807, 2.05) is 47.4 Å². The van der Waals surface area contributed by atoms with Crippen LogP contribution >= 0.6 is 11.6 Å². The van der Waals surface area contributed by atoms with E-state index in [0.29, 0.717) is 35.8 Å². The maximum absolute atomic E-state index is 13.5. The van der Waals surface area contributed by atoms with Crippen LogP contribution in [0.5, 0.6) is 0 Å². The third-order valence-electron chi connectivity index (χ3n) is 6.47. The van der Waals surface area contributed by atoms with E-state index in [1.165, 1.54) is 12.8 Å². The highest BCUT2D eigenvalue weighted by atomic mass is 35.5. The normalized spacial score (nSPS) is 14.8. The van der Waals surface area contributed by atoms with E-state index < -0.39 is 0 Å². The first-order chi connectivity index (χ1) is 17.6. The van der Waals surface area contributed by atoms with Gasteiger partial charge in [-0.2, -0.15) is 0 Å². The number of amides is 2. The van der Waals surface area contributed by atoms with Crippen molar-refractivity contribution in [2.24, 2.45) is 0 Å². The molecule has 7 heteroatoms. The molecule has 36 heavy (non-hydrogen) atoms. The monoisotopic (exact) mass is 504 g/mol. The average Bonchev–Trinajstić information content (AvgIpc) is 2.90. The highest BCUT2D eigenvalue weighted by Crippen LogP contribution is 2.26. The van der Waals surface area contributed by atoms with Gasteiger partial charge >= 0.3 is 0 Å². The van der Waals surface area contributed by atoms with Gasteiger partial charge in [0.2, 0.25) is 0 Å². The molecule has 0 saturated heterocycles. The van der Waals surface area contributed by atoms with Crippen LogP contribution in [0.4, 0.5) is 5.69 Å². The highest BCUT2D eigenvalue weighted by molar-refractivity contribution is 6.30. The number of rotatable bonds is 5. The number of carbonyl (C=O) groups is 2. The number of halogens is 1. The standard InChI is InChI=1S/C29H33ClN4O2/c30-26-9-6-22(7-10-26)12-18-33-28(35)24-8-11-27-25(20-24)21-32-15-4-2-1-3-5-19-34(27)29(36)23-13-16-31-17-14-23/h6-11,13-14,16-17,20,32H,1-5,12,15,18-19,21H2,(H,33,35). The summed E-state index contributed by atoms with van der Waals surface area (Å²) >= 11 is 5.95. The summed E-state index contributed by atoms with van der Waals surface area (Å²) in [5.41, 5.74) is 4.12. The van der Waals surface area contributed by atoms with Crippen molar-refractivity contribution in [3.05, 3.63) is 94.3 Å². The molecule has 2 heterocycles. The van der Waals surface area contributed by atoms with Gasteiger partial charge < -0.3 is 15.5 Å². The topological polar surface area (TPSA) is 74.3 Å². The van der Waals surface area contributed by atoms with Gasteiger partial charge in [-0.05, 0) is 79.4 Å². The van der Waals surface area contributed by atoms with Crippen LogP contribution in [0.25, 0.3) is 0 Å². The van der Waals surface area contributed by atoms with E-state index in [0.717, 1.165) is 49.0 Å². The third-order valence-corrected chi connectivity index (χ3v) is 6.72. The SMILES string of the molecule is O=C(NCCc1ccc(Cl)cc1)c1ccc2c(c1)CNCCCCCCCN2C(=O)c1ccncc1. The Labute approximate surface area is 218 Å². The molecule has 0 aliphatic carbocycles. The summed E-state index contributed by atoms with van der Waals surface area (Å²) in [6, 6.07) is 16.8. The molecule has 1 aliphatic rings. The largest absolute Gasteiger partial charge is 0.352 e. The van der Waals surface area contributed by atoms with Crippen LogP contribution in [0, 0.1) is 0 Å².